The molecule has 2 heterocycles. The van der Waals surface area contributed by atoms with Crippen molar-refractivity contribution in [3.05, 3.63) is 52.5 Å². The number of methoxy groups -OCH3 is 1. The summed E-state index contributed by atoms with van der Waals surface area (Å²) in [5, 5.41) is 4.76. The van der Waals surface area contributed by atoms with Crippen molar-refractivity contribution in [2.45, 2.75) is 19.9 Å². The lowest BCUT2D eigenvalue weighted by molar-refractivity contribution is 0.0929. The molecule has 0 aliphatic carbocycles. The molecule has 6 nitrogen and oxygen atoms in total. The van der Waals surface area contributed by atoms with Gasteiger partial charge in [-0.3, -0.25) is 4.79 Å². The van der Waals surface area contributed by atoms with Crippen LogP contribution in [0.5, 0.6) is 5.75 Å². The Bertz CT molecular complexity index is 940. The van der Waals surface area contributed by atoms with E-state index in [1.807, 2.05) is 24.5 Å². The quantitative estimate of drug-likeness (QED) is 0.508. The molecule has 1 aromatic carbocycles. The second-order valence-electron chi connectivity index (χ2n) is 5.82. The SMILES string of the molecule is COc1cc(Br)cc2cc(C(=O)N/N=C\c3ccn(C(C)C)c3)oc12. The smallest absolute Gasteiger partial charge is 0.307 e. The fraction of sp³-hybridized carbons (Fsp3) is 0.222. The number of furan rings is 1. The number of aromatic nitrogens is 1. The first-order chi connectivity index (χ1) is 12.0. The number of hydrazone groups is 1. The monoisotopic (exact) mass is 403 g/mol. The lowest BCUT2D eigenvalue weighted by Crippen LogP contribution is -2.16. The highest BCUT2D eigenvalue weighted by molar-refractivity contribution is 9.10. The first-order valence-corrected chi connectivity index (χ1v) is 8.55. The lowest BCUT2D eigenvalue weighted by atomic mass is 10.2. The molecule has 1 amide bonds. The first kappa shape index (κ1) is 17.3. The average molecular weight is 404 g/mol. The molecule has 0 saturated heterocycles. The van der Waals surface area contributed by atoms with Gasteiger partial charge in [-0.15, -0.1) is 0 Å². The Kier molecular flexibility index (Phi) is 4.94. The number of nitrogens with one attached hydrogen (secondary N) is 1. The van der Waals surface area contributed by atoms with E-state index in [2.05, 4.69) is 44.9 Å². The Hall–Kier alpha value is -2.54. The van der Waals surface area contributed by atoms with Crippen molar-refractivity contribution in [3.8, 4) is 5.75 Å². The molecule has 0 fully saturated rings. The van der Waals surface area contributed by atoms with E-state index in [0.717, 1.165) is 15.4 Å². The van der Waals surface area contributed by atoms with Crippen molar-refractivity contribution in [2.24, 2.45) is 5.10 Å². The average Bonchev–Trinajstić information content (AvgIpc) is 3.20. The Morgan fingerprint density at radius 2 is 2.20 bits per heavy atom. The molecule has 0 saturated carbocycles. The second-order valence-corrected chi connectivity index (χ2v) is 6.74. The fourth-order valence-corrected chi connectivity index (χ4v) is 2.85. The van der Waals surface area contributed by atoms with Crippen LogP contribution in [0.4, 0.5) is 0 Å². The predicted octanol–water partition coefficient (Wildman–Crippen LogP) is 4.35. The number of halogens is 1. The lowest BCUT2D eigenvalue weighted by Gasteiger charge is -2.04. The van der Waals surface area contributed by atoms with Gasteiger partial charge in [-0.1, -0.05) is 15.9 Å². The molecule has 3 rings (SSSR count). The molecule has 0 spiro atoms. The minimum Gasteiger partial charge on any atom is -0.493 e. The van der Waals surface area contributed by atoms with E-state index in [-0.39, 0.29) is 5.76 Å². The number of hydrogen-bond donors (Lipinski definition) is 1. The van der Waals surface area contributed by atoms with E-state index < -0.39 is 5.91 Å². The maximum atomic E-state index is 12.2. The maximum absolute atomic E-state index is 12.2. The molecule has 3 aromatic rings. The molecule has 0 radical (unpaired) electrons. The van der Waals surface area contributed by atoms with Gasteiger partial charge in [-0.2, -0.15) is 5.10 Å². The molecule has 7 heteroatoms. The summed E-state index contributed by atoms with van der Waals surface area (Å²) in [4.78, 5) is 12.2. The third kappa shape index (κ3) is 3.76. The molecular formula is C18H18BrN3O3. The first-order valence-electron chi connectivity index (χ1n) is 7.76. The molecule has 0 bridgehead atoms. The summed E-state index contributed by atoms with van der Waals surface area (Å²) in [6.45, 7) is 4.19. The van der Waals surface area contributed by atoms with Gasteiger partial charge >= 0.3 is 5.91 Å². The summed E-state index contributed by atoms with van der Waals surface area (Å²) in [5.41, 5.74) is 3.90. The van der Waals surface area contributed by atoms with Gasteiger partial charge in [0, 0.05) is 33.9 Å². The molecule has 25 heavy (non-hydrogen) atoms. The summed E-state index contributed by atoms with van der Waals surface area (Å²) in [6, 6.07) is 7.60. The van der Waals surface area contributed by atoms with Gasteiger partial charge in [-0.05, 0) is 38.1 Å². The van der Waals surface area contributed by atoms with Crippen molar-refractivity contribution >= 4 is 39.0 Å². The molecule has 1 N–H and O–H groups in total. The molecule has 130 valence electrons. The van der Waals surface area contributed by atoms with Crippen molar-refractivity contribution in [1.82, 2.24) is 9.99 Å². The summed E-state index contributed by atoms with van der Waals surface area (Å²) in [6.07, 6.45) is 5.53. The number of nitrogens with zero attached hydrogens (tertiary/aromatic N) is 2. The molecule has 0 unspecified atom stereocenters. The summed E-state index contributed by atoms with van der Waals surface area (Å²) in [5.74, 6) is 0.305. The van der Waals surface area contributed by atoms with Crippen LogP contribution in [0.2, 0.25) is 0 Å². The molecule has 2 aromatic heterocycles. The minimum absolute atomic E-state index is 0.170. The number of fused-ring (bicyclic) bond motifs is 1. The number of carbonyl (C=O) groups is 1. The van der Waals surface area contributed by atoms with Crippen LogP contribution >= 0.6 is 15.9 Å². The molecular weight excluding hydrogens is 386 g/mol. The fourth-order valence-electron chi connectivity index (χ4n) is 2.40. The maximum Gasteiger partial charge on any atom is 0.307 e. The van der Waals surface area contributed by atoms with E-state index in [1.165, 1.54) is 0 Å². The number of rotatable bonds is 5. The van der Waals surface area contributed by atoms with Gasteiger partial charge in [0.1, 0.15) is 0 Å². The van der Waals surface area contributed by atoms with Gasteiger partial charge in [0.15, 0.2) is 17.1 Å². The zero-order valence-electron chi connectivity index (χ0n) is 14.1. The van der Waals surface area contributed by atoms with Crippen molar-refractivity contribution in [2.75, 3.05) is 7.11 Å². The third-order valence-corrected chi connectivity index (χ3v) is 4.16. The van der Waals surface area contributed by atoms with E-state index in [9.17, 15) is 4.79 Å². The number of amides is 1. The molecule has 0 aliphatic rings. The Morgan fingerprint density at radius 3 is 2.88 bits per heavy atom. The summed E-state index contributed by atoms with van der Waals surface area (Å²) in [7, 11) is 1.55. The highest BCUT2D eigenvalue weighted by atomic mass is 79.9. The third-order valence-electron chi connectivity index (χ3n) is 3.70. The zero-order chi connectivity index (χ0) is 18.0. The van der Waals surface area contributed by atoms with Crippen LogP contribution in [0.1, 0.15) is 36.0 Å². The van der Waals surface area contributed by atoms with E-state index in [0.29, 0.717) is 17.4 Å². The van der Waals surface area contributed by atoms with Crippen molar-refractivity contribution in [3.63, 3.8) is 0 Å². The highest BCUT2D eigenvalue weighted by Crippen LogP contribution is 2.32. The number of carbonyl (C=O) groups excluding carboxylic acids is 1. The van der Waals surface area contributed by atoms with Gasteiger partial charge in [0.05, 0.1) is 13.3 Å². The van der Waals surface area contributed by atoms with Gasteiger partial charge in [0.25, 0.3) is 0 Å². The van der Waals surface area contributed by atoms with Crippen molar-refractivity contribution < 1.29 is 13.9 Å². The number of ether oxygens (including phenoxy) is 1. The van der Waals surface area contributed by atoms with Gasteiger partial charge in [0.2, 0.25) is 0 Å². The molecule has 0 aliphatic heterocycles. The molecule has 0 atom stereocenters. The Balaban J connectivity index is 1.74. The van der Waals surface area contributed by atoms with Crippen LogP contribution < -0.4 is 10.2 Å². The summed E-state index contributed by atoms with van der Waals surface area (Å²) >= 11 is 3.40. The normalized spacial score (nSPS) is 11.6. The van der Waals surface area contributed by atoms with E-state index in [4.69, 9.17) is 9.15 Å². The predicted molar refractivity (Wildman–Crippen MR) is 100 cm³/mol. The zero-order valence-corrected chi connectivity index (χ0v) is 15.7. The van der Waals surface area contributed by atoms with Gasteiger partial charge in [-0.25, -0.2) is 5.43 Å². The van der Waals surface area contributed by atoms with Crippen molar-refractivity contribution in [1.29, 1.82) is 0 Å². The second kappa shape index (κ2) is 7.14. The van der Waals surface area contributed by atoms with Crippen LogP contribution in [0, 0.1) is 0 Å². The minimum atomic E-state index is -0.422. The topological polar surface area (TPSA) is 68.8 Å². The largest absolute Gasteiger partial charge is 0.493 e. The van der Waals surface area contributed by atoms with E-state index >= 15 is 0 Å². The summed E-state index contributed by atoms with van der Waals surface area (Å²) < 4.78 is 13.8. The van der Waals surface area contributed by atoms with Crippen LogP contribution in [-0.4, -0.2) is 23.8 Å². The van der Waals surface area contributed by atoms with Crippen LogP contribution in [0.3, 0.4) is 0 Å². The number of hydrogen-bond acceptors (Lipinski definition) is 4. The standard InChI is InChI=1S/C18H18BrN3O3/c1-11(2)22-5-4-12(10-22)9-20-21-18(23)16-7-13-6-14(19)8-15(24-3)17(13)25-16/h4-11H,1-3H3,(H,21,23)/b20-9-. The van der Waals surface area contributed by atoms with E-state index in [1.54, 1.807) is 25.5 Å². The van der Waals surface area contributed by atoms with Crippen LogP contribution in [0.15, 0.2) is 50.7 Å². The van der Waals surface area contributed by atoms with Crippen LogP contribution in [0.25, 0.3) is 11.0 Å². The van der Waals surface area contributed by atoms with Gasteiger partial charge < -0.3 is 13.7 Å². The number of benzene rings is 1. The Labute approximate surface area is 153 Å². The van der Waals surface area contributed by atoms with Crippen LogP contribution in [-0.2, 0) is 0 Å². The highest BCUT2D eigenvalue weighted by Gasteiger charge is 2.15. The Morgan fingerprint density at radius 1 is 1.40 bits per heavy atom.